The number of hydrogen-bond donors (Lipinski definition) is 0. The van der Waals surface area contributed by atoms with Crippen molar-refractivity contribution < 1.29 is 0 Å². The van der Waals surface area contributed by atoms with Gasteiger partial charge in [0.05, 0.1) is 0 Å². The van der Waals surface area contributed by atoms with Gasteiger partial charge in [-0.1, -0.05) is 56.8 Å². The largest absolute Gasteiger partial charge is 0.341 e. The number of aromatic nitrogens is 2. The number of fused-ring (bicyclic) bond motifs is 6. The van der Waals surface area contributed by atoms with Gasteiger partial charge in [-0.3, -0.25) is 9.98 Å². The van der Waals surface area contributed by atoms with E-state index in [4.69, 9.17) is 9.98 Å². The standard InChI is InChI=1S/C36H36Br2N4/c1-3-41-33-13-9-25(19-29(33)31-21-27(37)11-15-35(31)41)23-39-17-7-5-6-8-18-40-24-26-10-14-34-30(20-26)32-22-28(38)12-16-36(32)42(34)4-2/h9-16,19-24H,3-8,17-18H2,1-2H3. The summed E-state index contributed by atoms with van der Waals surface area (Å²) < 4.78 is 6.99. The van der Waals surface area contributed by atoms with Gasteiger partial charge in [-0.15, -0.1) is 0 Å². The van der Waals surface area contributed by atoms with Crippen LogP contribution in [0, 0.1) is 0 Å². The summed E-state index contributed by atoms with van der Waals surface area (Å²) in [6, 6.07) is 26.5. The Bertz CT molecular complexity index is 1800. The molecule has 0 unspecified atom stereocenters. The molecular formula is C36H36Br2N4. The number of aryl methyl sites for hydroxylation is 2. The average molecular weight is 685 g/mol. The molecule has 214 valence electrons. The van der Waals surface area contributed by atoms with E-state index >= 15 is 0 Å². The smallest absolute Gasteiger partial charge is 0.0492 e. The van der Waals surface area contributed by atoms with E-state index in [1.807, 2.05) is 12.4 Å². The SMILES string of the molecule is CCn1c2ccc(Br)cc2c2cc(C=NCCCCCCN=Cc3ccc4c(c3)c3cc(Br)ccc3n4CC)ccc21. The Balaban J connectivity index is 0.985. The van der Waals surface area contributed by atoms with Gasteiger partial charge < -0.3 is 9.13 Å². The molecule has 0 radical (unpaired) electrons. The Labute approximate surface area is 264 Å². The first kappa shape index (κ1) is 28.9. The Kier molecular flexibility index (Phi) is 8.92. The lowest BCUT2D eigenvalue weighted by Crippen LogP contribution is -1.93. The molecule has 6 rings (SSSR count). The number of aliphatic imine (C=N–C) groups is 2. The monoisotopic (exact) mass is 682 g/mol. The van der Waals surface area contributed by atoms with Crippen LogP contribution in [0.25, 0.3) is 43.6 Å². The molecule has 42 heavy (non-hydrogen) atoms. The highest BCUT2D eigenvalue weighted by Crippen LogP contribution is 2.33. The maximum Gasteiger partial charge on any atom is 0.0492 e. The summed E-state index contributed by atoms with van der Waals surface area (Å²) in [7, 11) is 0. The van der Waals surface area contributed by atoms with Crippen molar-refractivity contribution in [3.05, 3.63) is 92.9 Å². The fourth-order valence-electron chi connectivity index (χ4n) is 6.13. The molecule has 0 bridgehead atoms. The molecule has 0 saturated carbocycles. The zero-order valence-electron chi connectivity index (χ0n) is 24.3. The molecule has 0 spiro atoms. The van der Waals surface area contributed by atoms with E-state index in [-0.39, 0.29) is 0 Å². The molecule has 6 heteroatoms. The fourth-order valence-corrected chi connectivity index (χ4v) is 6.85. The van der Waals surface area contributed by atoms with Crippen LogP contribution in [0.1, 0.15) is 50.7 Å². The summed E-state index contributed by atoms with van der Waals surface area (Å²) >= 11 is 7.28. The molecule has 0 aliphatic heterocycles. The van der Waals surface area contributed by atoms with Crippen LogP contribution in [0.5, 0.6) is 0 Å². The maximum absolute atomic E-state index is 4.73. The van der Waals surface area contributed by atoms with E-state index in [2.05, 4.69) is 128 Å². The van der Waals surface area contributed by atoms with Crippen molar-refractivity contribution in [2.75, 3.05) is 13.1 Å². The van der Waals surface area contributed by atoms with E-state index < -0.39 is 0 Å². The highest BCUT2D eigenvalue weighted by molar-refractivity contribution is 9.10. The lowest BCUT2D eigenvalue weighted by Gasteiger charge is -2.03. The number of halogens is 2. The zero-order chi connectivity index (χ0) is 29.1. The minimum Gasteiger partial charge on any atom is -0.341 e. The molecule has 0 aliphatic rings. The van der Waals surface area contributed by atoms with Crippen LogP contribution in [0.3, 0.4) is 0 Å². The molecule has 0 N–H and O–H groups in total. The van der Waals surface area contributed by atoms with Gasteiger partial charge in [0.15, 0.2) is 0 Å². The molecule has 4 aromatic carbocycles. The van der Waals surface area contributed by atoms with Gasteiger partial charge in [-0.25, -0.2) is 0 Å². The van der Waals surface area contributed by atoms with Crippen molar-refractivity contribution >= 4 is 87.9 Å². The van der Waals surface area contributed by atoms with Crippen molar-refractivity contribution in [3.63, 3.8) is 0 Å². The molecule has 2 heterocycles. The van der Waals surface area contributed by atoms with Gasteiger partial charge in [0.25, 0.3) is 0 Å². The molecular weight excluding hydrogens is 648 g/mol. The Morgan fingerprint density at radius 2 is 0.905 bits per heavy atom. The van der Waals surface area contributed by atoms with Crippen LogP contribution in [0.4, 0.5) is 0 Å². The summed E-state index contributed by atoms with van der Waals surface area (Å²) in [5.41, 5.74) is 7.45. The summed E-state index contributed by atoms with van der Waals surface area (Å²) in [4.78, 5) is 9.46. The van der Waals surface area contributed by atoms with Crippen LogP contribution in [0.15, 0.2) is 91.7 Å². The molecule has 0 saturated heterocycles. The lowest BCUT2D eigenvalue weighted by atomic mass is 10.1. The average Bonchev–Trinajstić information content (AvgIpc) is 3.48. The van der Waals surface area contributed by atoms with Gasteiger partial charge in [0, 0.05) is 91.2 Å². The molecule has 0 amide bonds. The zero-order valence-corrected chi connectivity index (χ0v) is 27.5. The highest BCUT2D eigenvalue weighted by atomic mass is 79.9. The van der Waals surface area contributed by atoms with Crippen LogP contribution in [0.2, 0.25) is 0 Å². The van der Waals surface area contributed by atoms with E-state index in [9.17, 15) is 0 Å². The Morgan fingerprint density at radius 3 is 1.31 bits per heavy atom. The predicted octanol–water partition coefficient (Wildman–Crippen LogP) is 10.6. The first-order valence-corrected chi connectivity index (χ1v) is 16.6. The molecule has 6 aromatic rings. The van der Waals surface area contributed by atoms with Crippen molar-refractivity contribution in [1.82, 2.24) is 9.13 Å². The third-order valence-corrected chi connectivity index (χ3v) is 9.13. The molecule has 2 aromatic heterocycles. The van der Waals surface area contributed by atoms with Crippen LogP contribution < -0.4 is 0 Å². The molecule has 4 nitrogen and oxygen atoms in total. The molecule has 0 aliphatic carbocycles. The minimum atomic E-state index is 0.866. The van der Waals surface area contributed by atoms with Crippen molar-refractivity contribution in [2.45, 2.75) is 52.6 Å². The molecule has 0 atom stereocenters. The third kappa shape index (κ3) is 5.84. The summed E-state index contributed by atoms with van der Waals surface area (Å²) in [6.07, 6.45) is 8.65. The number of nitrogens with zero attached hydrogens (tertiary/aromatic N) is 4. The van der Waals surface area contributed by atoms with Crippen LogP contribution in [-0.4, -0.2) is 34.7 Å². The maximum atomic E-state index is 4.73. The predicted molar refractivity (Wildman–Crippen MR) is 189 cm³/mol. The van der Waals surface area contributed by atoms with Crippen molar-refractivity contribution in [3.8, 4) is 0 Å². The number of unbranched alkanes of at least 4 members (excludes halogenated alkanes) is 3. The van der Waals surface area contributed by atoms with E-state index in [1.165, 1.54) is 56.5 Å². The second-order valence-electron chi connectivity index (χ2n) is 10.8. The quantitative estimate of drug-likeness (QED) is 0.0962. The summed E-state index contributed by atoms with van der Waals surface area (Å²) in [5.74, 6) is 0. The topological polar surface area (TPSA) is 34.6 Å². The molecule has 0 fully saturated rings. The van der Waals surface area contributed by atoms with Crippen molar-refractivity contribution in [2.24, 2.45) is 9.98 Å². The van der Waals surface area contributed by atoms with Gasteiger partial charge in [0.2, 0.25) is 0 Å². The van der Waals surface area contributed by atoms with Crippen LogP contribution >= 0.6 is 31.9 Å². The third-order valence-electron chi connectivity index (χ3n) is 8.14. The summed E-state index contributed by atoms with van der Waals surface area (Å²) in [6.45, 7) is 8.06. The first-order chi connectivity index (χ1) is 20.6. The van der Waals surface area contributed by atoms with Gasteiger partial charge in [-0.05, 0) is 98.5 Å². The van der Waals surface area contributed by atoms with Gasteiger partial charge >= 0.3 is 0 Å². The van der Waals surface area contributed by atoms with Gasteiger partial charge in [-0.2, -0.15) is 0 Å². The summed E-state index contributed by atoms with van der Waals surface area (Å²) in [5, 5.41) is 5.16. The second kappa shape index (κ2) is 13.0. The second-order valence-corrected chi connectivity index (χ2v) is 12.7. The van der Waals surface area contributed by atoms with Gasteiger partial charge in [0.1, 0.15) is 0 Å². The van der Waals surface area contributed by atoms with E-state index in [1.54, 1.807) is 0 Å². The van der Waals surface area contributed by atoms with Crippen LogP contribution in [-0.2, 0) is 13.1 Å². The Hall–Kier alpha value is -3.22. The van der Waals surface area contributed by atoms with Crippen molar-refractivity contribution in [1.29, 1.82) is 0 Å². The minimum absolute atomic E-state index is 0.866. The fraction of sp³-hybridized carbons (Fsp3) is 0.278. The number of rotatable bonds is 11. The van der Waals surface area contributed by atoms with E-state index in [0.717, 1.165) is 59.1 Å². The number of benzene rings is 4. The Morgan fingerprint density at radius 1 is 0.524 bits per heavy atom. The normalized spacial score (nSPS) is 12.4. The first-order valence-electron chi connectivity index (χ1n) is 15.0. The van der Waals surface area contributed by atoms with E-state index in [0.29, 0.717) is 0 Å². The lowest BCUT2D eigenvalue weighted by molar-refractivity contribution is 0.655. The highest BCUT2D eigenvalue weighted by Gasteiger charge is 2.11. The number of hydrogen-bond acceptors (Lipinski definition) is 2.